The van der Waals surface area contributed by atoms with Crippen LogP contribution in [0.2, 0.25) is 0 Å². The summed E-state index contributed by atoms with van der Waals surface area (Å²) in [6, 6.07) is 7.48. The van der Waals surface area contributed by atoms with E-state index in [2.05, 4.69) is 74.8 Å². The van der Waals surface area contributed by atoms with Crippen LogP contribution in [0.15, 0.2) is 41.7 Å². The molecule has 1 aliphatic heterocycles. The highest BCUT2D eigenvalue weighted by Gasteiger charge is 2.25. The lowest BCUT2D eigenvalue weighted by Gasteiger charge is -2.41. The van der Waals surface area contributed by atoms with Gasteiger partial charge in [0, 0.05) is 49.5 Å². The van der Waals surface area contributed by atoms with E-state index in [1.165, 1.54) is 18.9 Å². The highest BCUT2D eigenvalue weighted by molar-refractivity contribution is 5.68. The van der Waals surface area contributed by atoms with Gasteiger partial charge in [-0.25, -0.2) is 23.7 Å². The van der Waals surface area contributed by atoms with Gasteiger partial charge >= 0.3 is 0 Å². The van der Waals surface area contributed by atoms with Crippen LogP contribution in [-0.2, 0) is 13.0 Å². The molecule has 0 saturated carbocycles. The molecule has 1 aromatic carbocycles. The Bertz CT molecular complexity index is 1350. The second kappa shape index (κ2) is 14.2. The second-order valence-corrected chi connectivity index (χ2v) is 11.6. The fourth-order valence-electron chi connectivity index (χ4n) is 5.45. The van der Waals surface area contributed by atoms with E-state index in [1.807, 2.05) is 25.4 Å². The molecule has 226 valence electrons. The monoisotopic (exact) mass is 578 g/mol. The molecule has 2 N–H and O–H groups in total. The SMILES string of the molecule is C=Nc1c(F)cc(-c2nc(Nc3ccc(CN4CCN(CC)C(CCC)C4)cn3)ncc2F)cc1CCC(C)(C)NC. The van der Waals surface area contributed by atoms with Crippen LogP contribution in [0.3, 0.4) is 0 Å². The highest BCUT2D eigenvalue weighted by Crippen LogP contribution is 2.32. The summed E-state index contributed by atoms with van der Waals surface area (Å²) >= 11 is 0. The lowest BCUT2D eigenvalue weighted by Crippen LogP contribution is -2.52. The first-order valence-corrected chi connectivity index (χ1v) is 14.9. The van der Waals surface area contributed by atoms with E-state index in [9.17, 15) is 4.39 Å². The van der Waals surface area contributed by atoms with E-state index in [0.29, 0.717) is 29.4 Å². The Kier molecular flexibility index (Phi) is 10.7. The van der Waals surface area contributed by atoms with Crippen LogP contribution in [0.1, 0.15) is 58.1 Å². The fourth-order valence-corrected chi connectivity index (χ4v) is 5.45. The van der Waals surface area contributed by atoms with Crippen molar-refractivity contribution < 1.29 is 8.78 Å². The molecule has 1 atom stereocenters. The average molecular weight is 579 g/mol. The molecule has 0 amide bonds. The number of benzene rings is 1. The summed E-state index contributed by atoms with van der Waals surface area (Å²) in [4.78, 5) is 22.0. The number of halogens is 2. The number of pyridine rings is 1. The van der Waals surface area contributed by atoms with Gasteiger partial charge in [-0.1, -0.05) is 26.3 Å². The normalized spacial score (nSPS) is 16.5. The van der Waals surface area contributed by atoms with Crippen molar-refractivity contribution >= 4 is 24.2 Å². The standard InChI is InChI=1S/C32H44F2N8/c1-7-9-25-21-41(14-15-42(25)8-2)20-22-10-11-28(37-18-22)39-31-38-19-27(34)30(40-31)24-16-23(12-13-32(3,4)36-6)29(35-5)26(33)17-24/h10-11,16-19,25,36H,5,7-9,12-15,20-21H2,1-4,6H3,(H,37,38,39,40). The number of hydrogen-bond donors (Lipinski definition) is 2. The van der Waals surface area contributed by atoms with Gasteiger partial charge in [-0.2, -0.15) is 0 Å². The molecule has 1 unspecified atom stereocenters. The summed E-state index contributed by atoms with van der Waals surface area (Å²) in [6.45, 7) is 17.3. The maximum absolute atomic E-state index is 15.0. The molecule has 8 nitrogen and oxygen atoms in total. The second-order valence-electron chi connectivity index (χ2n) is 11.6. The molecule has 42 heavy (non-hydrogen) atoms. The third kappa shape index (κ3) is 7.93. The van der Waals surface area contributed by atoms with Gasteiger partial charge in [0.25, 0.3) is 0 Å². The summed E-state index contributed by atoms with van der Waals surface area (Å²) in [5.74, 6) is -0.493. The van der Waals surface area contributed by atoms with Crippen LogP contribution in [0.4, 0.5) is 26.2 Å². The van der Waals surface area contributed by atoms with Gasteiger partial charge < -0.3 is 10.6 Å². The van der Waals surface area contributed by atoms with Crippen molar-refractivity contribution in [3.8, 4) is 11.3 Å². The number of rotatable bonds is 13. The fraction of sp³-hybridized carbons (Fsp3) is 0.500. The maximum atomic E-state index is 15.0. The maximum Gasteiger partial charge on any atom is 0.229 e. The summed E-state index contributed by atoms with van der Waals surface area (Å²) in [6.07, 6.45) is 6.60. The third-order valence-electron chi connectivity index (χ3n) is 8.20. The van der Waals surface area contributed by atoms with Crippen LogP contribution in [0.25, 0.3) is 11.3 Å². The van der Waals surface area contributed by atoms with E-state index < -0.39 is 11.6 Å². The molecule has 3 aromatic rings. The van der Waals surface area contributed by atoms with Crippen LogP contribution >= 0.6 is 0 Å². The van der Waals surface area contributed by atoms with Gasteiger partial charge in [0.1, 0.15) is 23.0 Å². The Morgan fingerprint density at radius 1 is 1.10 bits per heavy atom. The number of nitrogens with one attached hydrogen (secondary N) is 2. The van der Waals surface area contributed by atoms with Crippen molar-refractivity contribution in [1.29, 1.82) is 0 Å². The lowest BCUT2D eigenvalue weighted by atomic mass is 9.93. The molecule has 1 fully saturated rings. The molecular weight excluding hydrogens is 534 g/mol. The topological polar surface area (TPSA) is 81.6 Å². The van der Waals surface area contributed by atoms with Crippen LogP contribution in [-0.4, -0.2) is 76.3 Å². The van der Waals surface area contributed by atoms with E-state index in [4.69, 9.17) is 0 Å². The van der Waals surface area contributed by atoms with Gasteiger partial charge in [0.15, 0.2) is 5.82 Å². The van der Waals surface area contributed by atoms with E-state index >= 15 is 4.39 Å². The Morgan fingerprint density at radius 2 is 1.90 bits per heavy atom. The molecule has 4 rings (SSSR count). The number of likely N-dealkylation sites (N-methyl/N-ethyl adjacent to an activating group) is 1. The first-order chi connectivity index (χ1) is 20.2. The molecule has 0 aliphatic carbocycles. The minimum atomic E-state index is -0.645. The molecule has 0 spiro atoms. The number of aliphatic imine (C=N–C) groups is 1. The zero-order valence-electron chi connectivity index (χ0n) is 25.6. The number of aryl methyl sites for hydroxylation is 1. The van der Waals surface area contributed by atoms with Crippen molar-refractivity contribution in [2.24, 2.45) is 4.99 Å². The third-order valence-corrected chi connectivity index (χ3v) is 8.20. The molecule has 2 aromatic heterocycles. The molecule has 1 aliphatic rings. The van der Waals surface area contributed by atoms with Crippen molar-refractivity contribution in [3.05, 3.63) is 59.4 Å². The zero-order chi connectivity index (χ0) is 30.3. The number of nitrogens with zero attached hydrogens (tertiary/aromatic N) is 6. The highest BCUT2D eigenvalue weighted by atomic mass is 19.1. The number of anilines is 2. The van der Waals surface area contributed by atoms with E-state index in [1.54, 1.807) is 6.07 Å². The van der Waals surface area contributed by atoms with Crippen LogP contribution in [0, 0.1) is 11.6 Å². The van der Waals surface area contributed by atoms with Crippen LogP contribution < -0.4 is 10.6 Å². The van der Waals surface area contributed by atoms with Gasteiger partial charge in [-0.15, -0.1) is 0 Å². The molecule has 0 bridgehead atoms. The Morgan fingerprint density at radius 3 is 2.57 bits per heavy atom. The first-order valence-electron chi connectivity index (χ1n) is 14.9. The van der Waals surface area contributed by atoms with Crippen molar-refractivity contribution in [3.63, 3.8) is 0 Å². The van der Waals surface area contributed by atoms with E-state index in [0.717, 1.165) is 50.9 Å². The first kappa shape index (κ1) is 31.6. The largest absolute Gasteiger partial charge is 0.315 e. The summed E-state index contributed by atoms with van der Waals surface area (Å²) < 4.78 is 30.0. The number of piperazine rings is 1. The van der Waals surface area contributed by atoms with E-state index in [-0.39, 0.29) is 22.9 Å². The predicted molar refractivity (Wildman–Crippen MR) is 167 cm³/mol. The van der Waals surface area contributed by atoms with Crippen LogP contribution in [0.5, 0.6) is 0 Å². The van der Waals surface area contributed by atoms with Crippen molar-refractivity contribution in [2.45, 2.75) is 71.5 Å². The van der Waals surface area contributed by atoms with Gasteiger partial charge in [0.05, 0.1) is 6.20 Å². The molecule has 0 radical (unpaired) electrons. The van der Waals surface area contributed by atoms with Crippen molar-refractivity contribution in [2.75, 3.05) is 38.5 Å². The Hall–Kier alpha value is -3.34. The summed E-state index contributed by atoms with van der Waals surface area (Å²) in [7, 11) is 1.88. The molecule has 1 saturated heterocycles. The minimum Gasteiger partial charge on any atom is -0.315 e. The quantitative estimate of drug-likeness (QED) is 0.236. The Labute approximate surface area is 248 Å². The molecule has 10 heteroatoms. The lowest BCUT2D eigenvalue weighted by molar-refractivity contribution is 0.0690. The molecular formula is C32H44F2N8. The summed E-state index contributed by atoms with van der Waals surface area (Å²) in [5, 5.41) is 6.31. The smallest absolute Gasteiger partial charge is 0.229 e. The average Bonchev–Trinajstić information content (AvgIpc) is 2.98. The predicted octanol–water partition coefficient (Wildman–Crippen LogP) is 6.13. The number of hydrogen-bond acceptors (Lipinski definition) is 8. The van der Waals surface area contributed by atoms with Gasteiger partial charge in [-0.3, -0.25) is 14.8 Å². The number of aromatic nitrogens is 3. The van der Waals surface area contributed by atoms with Gasteiger partial charge in [0.2, 0.25) is 5.95 Å². The summed E-state index contributed by atoms with van der Waals surface area (Å²) in [5.41, 5.74) is 2.10. The zero-order valence-corrected chi connectivity index (χ0v) is 25.6. The minimum absolute atomic E-state index is 0.000569. The van der Waals surface area contributed by atoms with Crippen molar-refractivity contribution in [1.82, 2.24) is 30.1 Å². The van der Waals surface area contributed by atoms with Gasteiger partial charge in [-0.05, 0) is 82.7 Å². The molecule has 3 heterocycles. The Balaban J connectivity index is 1.48.